The summed E-state index contributed by atoms with van der Waals surface area (Å²) in [5.41, 5.74) is 4.77. The van der Waals surface area contributed by atoms with Crippen molar-refractivity contribution in [1.29, 1.82) is 0 Å². The predicted octanol–water partition coefficient (Wildman–Crippen LogP) is -1.66. The van der Waals surface area contributed by atoms with Gasteiger partial charge in [0.2, 0.25) is 0 Å². The normalized spacial score (nSPS) is 14.4. The molecule has 1 aromatic rings. The van der Waals surface area contributed by atoms with E-state index in [9.17, 15) is 9.90 Å². The molecule has 1 rings (SSSR count). The molecule has 0 bridgehead atoms. The number of nitrogen functional groups attached to an aromatic ring is 1. The van der Waals surface area contributed by atoms with Gasteiger partial charge in [0.1, 0.15) is 11.9 Å². The van der Waals surface area contributed by atoms with Gasteiger partial charge in [-0.1, -0.05) is 0 Å². The molecule has 8 nitrogen and oxygen atoms in total. The molecule has 0 aliphatic carbocycles. The summed E-state index contributed by atoms with van der Waals surface area (Å²) in [7, 11) is 1.38. The first-order chi connectivity index (χ1) is 8.63. The van der Waals surface area contributed by atoms with E-state index in [-0.39, 0.29) is 25.6 Å². The van der Waals surface area contributed by atoms with Crippen molar-refractivity contribution in [1.82, 2.24) is 9.55 Å². The van der Waals surface area contributed by atoms with Crippen LogP contribution in [0.2, 0.25) is 0 Å². The third-order valence-electron chi connectivity index (χ3n) is 2.31. The Labute approximate surface area is 104 Å². The van der Waals surface area contributed by atoms with Crippen LogP contribution >= 0.6 is 0 Å². The number of aromatic nitrogens is 2. The molecule has 0 aliphatic heterocycles. The molecule has 18 heavy (non-hydrogen) atoms. The van der Waals surface area contributed by atoms with Crippen molar-refractivity contribution in [2.75, 3.05) is 32.7 Å². The van der Waals surface area contributed by atoms with E-state index in [1.165, 1.54) is 19.4 Å². The van der Waals surface area contributed by atoms with Crippen molar-refractivity contribution in [3.8, 4) is 0 Å². The summed E-state index contributed by atoms with van der Waals surface area (Å²) in [5.74, 6) is 0.0927. The summed E-state index contributed by atoms with van der Waals surface area (Å²) in [6.45, 7) is -0.555. The molecule has 1 heterocycles. The lowest BCUT2D eigenvalue weighted by Crippen LogP contribution is -2.38. The number of aliphatic hydroxyl groups is 2. The Morgan fingerprint density at radius 2 is 2.28 bits per heavy atom. The summed E-state index contributed by atoms with van der Waals surface area (Å²) in [6.07, 6.45) is -0.235. The van der Waals surface area contributed by atoms with E-state index in [1.807, 2.05) is 0 Å². The summed E-state index contributed by atoms with van der Waals surface area (Å²) in [5, 5.41) is 17.9. The topological polar surface area (TPSA) is 120 Å². The van der Waals surface area contributed by atoms with Gasteiger partial charge in [0.05, 0.1) is 19.8 Å². The maximum Gasteiger partial charge on any atom is 0.351 e. The lowest BCUT2D eigenvalue weighted by molar-refractivity contribution is -0.120. The summed E-state index contributed by atoms with van der Waals surface area (Å²) < 4.78 is 11.5. The van der Waals surface area contributed by atoms with Crippen molar-refractivity contribution in [2.24, 2.45) is 0 Å². The van der Waals surface area contributed by atoms with Crippen LogP contribution in [0.15, 0.2) is 17.1 Å². The molecule has 0 radical (unpaired) electrons. The van der Waals surface area contributed by atoms with Gasteiger partial charge in [0.25, 0.3) is 0 Å². The predicted molar refractivity (Wildman–Crippen MR) is 62.9 cm³/mol. The fourth-order valence-electron chi connectivity index (χ4n) is 1.44. The average Bonchev–Trinajstić information content (AvgIpc) is 2.35. The van der Waals surface area contributed by atoms with Crippen LogP contribution in [-0.4, -0.2) is 52.8 Å². The number of ether oxygens (including phenoxy) is 2. The van der Waals surface area contributed by atoms with Gasteiger partial charge < -0.3 is 25.4 Å². The van der Waals surface area contributed by atoms with Crippen molar-refractivity contribution in [3.05, 3.63) is 22.7 Å². The highest BCUT2D eigenvalue weighted by Crippen LogP contribution is 2.14. The van der Waals surface area contributed by atoms with E-state index in [1.54, 1.807) is 0 Å². The third-order valence-corrected chi connectivity index (χ3v) is 2.31. The first kappa shape index (κ1) is 14.6. The van der Waals surface area contributed by atoms with Crippen LogP contribution in [0.3, 0.4) is 0 Å². The standard InChI is InChI=1S/C10H17N3O5/c1-17-7(6-15)9(18-5-4-14)13-3-2-8(11)12-10(13)16/h2-3,7,9,14-15H,4-6H2,1H3,(H2,11,12,16)/t7-,9-/m1/s1. The van der Waals surface area contributed by atoms with Crippen LogP contribution in [0.25, 0.3) is 0 Å². The molecule has 0 saturated heterocycles. The molecule has 2 atom stereocenters. The maximum absolute atomic E-state index is 11.7. The van der Waals surface area contributed by atoms with Gasteiger partial charge in [-0.2, -0.15) is 4.98 Å². The molecule has 4 N–H and O–H groups in total. The first-order valence-corrected chi connectivity index (χ1v) is 5.34. The Kier molecular flexibility index (Phi) is 5.72. The van der Waals surface area contributed by atoms with E-state index >= 15 is 0 Å². The minimum Gasteiger partial charge on any atom is -0.394 e. The van der Waals surface area contributed by atoms with E-state index in [2.05, 4.69) is 4.98 Å². The van der Waals surface area contributed by atoms with E-state index in [0.717, 1.165) is 4.57 Å². The fraction of sp³-hybridized carbons (Fsp3) is 0.600. The van der Waals surface area contributed by atoms with Crippen LogP contribution in [0.4, 0.5) is 5.82 Å². The fourth-order valence-corrected chi connectivity index (χ4v) is 1.44. The third kappa shape index (κ3) is 3.50. The molecule has 0 aromatic carbocycles. The Balaban J connectivity index is 3.04. The number of nitrogens with two attached hydrogens (primary N) is 1. The van der Waals surface area contributed by atoms with Crippen molar-refractivity contribution < 1.29 is 19.7 Å². The Morgan fingerprint density at radius 3 is 2.78 bits per heavy atom. The van der Waals surface area contributed by atoms with Crippen LogP contribution < -0.4 is 11.4 Å². The molecule has 8 heteroatoms. The number of rotatable bonds is 7. The average molecular weight is 259 g/mol. The van der Waals surface area contributed by atoms with Crippen LogP contribution in [0, 0.1) is 0 Å². The van der Waals surface area contributed by atoms with Gasteiger partial charge in [-0.25, -0.2) is 4.79 Å². The number of hydrogen-bond donors (Lipinski definition) is 3. The van der Waals surface area contributed by atoms with Crippen molar-refractivity contribution in [2.45, 2.75) is 12.3 Å². The molecule has 0 saturated carbocycles. The van der Waals surface area contributed by atoms with E-state index in [0.29, 0.717) is 0 Å². The van der Waals surface area contributed by atoms with Gasteiger partial charge in [0, 0.05) is 13.3 Å². The second kappa shape index (κ2) is 7.07. The number of methoxy groups -OCH3 is 1. The highest BCUT2D eigenvalue weighted by Gasteiger charge is 2.24. The largest absolute Gasteiger partial charge is 0.394 e. The van der Waals surface area contributed by atoms with Crippen LogP contribution in [0.5, 0.6) is 0 Å². The van der Waals surface area contributed by atoms with Gasteiger partial charge >= 0.3 is 5.69 Å². The summed E-state index contributed by atoms with van der Waals surface area (Å²) in [4.78, 5) is 15.2. The van der Waals surface area contributed by atoms with Gasteiger partial charge in [-0.3, -0.25) is 4.57 Å². The lowest BCUT2D eigenvalue weighted by Gasteiger charge is -2.25. The quantitative estimate of drug-likeness (QED) is 0.536. The SMILES string of the molecule is CO[C@H](CO)[C@@H](OCCO)n1ccc(N)nc1=O. The van der Waals surface area contributed by atoms with E-state index in [4.69, 9.17) is 20.3 Å². The van der Waals surface area contributed by atoms with Gasteiger partial charge in [-0.05, 0) is 6.07 Å². The van der Waals surface area contributed by atoms with Gasteiger partial charge in [0.15, 0.2) is 6.23 Å². The molecule has 0 spiro atoms. The smallest absolute Gasteiger partial charge is 0.351 e. The van der Waals surface area contributed by atoms with Gasteiger partial charge in [-0.15, -0.1) is 0 Å². The van der Waals surface area contributed by atoms with E-state index < -0.39 is 18.0 Å². The molecule has 0 amide bonds. The van der Waals surface area contributed by atoms with Crippen molar-refractivity contribution in [3.63, 3.8) is 0 Å². The monoisotopic (exact) mass is 259 g/mol. The molecular formula is C10H17N3O5. The summed E-state index contributed by atoms with van der Waals surface area (Å²) in [6, 6.07) is 1.43. The number of nitrogens with zero attached hydrogens (tertiary/aromatic N) is 2. The lowest BCUT2D eigenvalue weighted by atomic mass is 10.3. The number of hydrogen-bond acceptors (Lipinski definition) is 7. The minimum atomic E-state index is -0.882. The molecule has 102 valence electrons. The molecular weight excluding hydrogens is 242 g/mol. The summed E-state index contributed by atoms with van der Waals surface area (Å²) >= 11 is 0. The molecule has 0 unspecified atom stereocenters. The first-order valence-electron chi connectivity index (χ1n) is 5.34. The number of anilines is 1. The molecule has 0 aliphatic rings. The Hall–Kier alpha value is -1.48. The van der Waals surface area contributed by atoms with Crippen LogP contribution in [0.1, 0.15) is 6.23 Å². The zero-order valence-corrected chi connectivity index (χ0v) is 10.0. The number of aliphatic hydroxyl groups excluding tert-OH is 2. The van der Waals surface area contributed by atoms with Crippen molar-refractivity contribution >= 4 is 5.82 Å². The Morgan fingerprint density at radius 1 is 1.56 bits per heavy atom. The zero-order chi connectivity index (χ0) is 13.5. The highest BCUT2D eigenvalue weighted by atomic mass is 16.6. The maximum atomic E-state index is 11.7. The van der Waals surface area contributed by atoms with Crippen LogP contribution in [-0.2, 0) is 9.47 Å². The zero-order valence-electron chi connectivity index (χ0n) is 10.0. The molecule has 1 aromatic heterocycles. The Bertz CT molecular complexity index is 418. The second-order valence-corrected chi connectivity index (χ2v) is 3.48. The molecule has 0 fully saturated rings. The minimum absolute atomic E-state index is 0.00133. The second-order valence-electron chi connectivity index (χ2n) is 3.48. The highest BCUT2D eigenvalue weighted by molar-refractivity contribution is 5.23.